The number of fused-ring (bicyclic) bond motifs is 3. The number of hydrogen-bond donors (Lipinski definition) is 2. The molecular formula is C38H33ClN2O4. The summed E-state index contributed by atoms with van der Waals surface area (Å²) in [6.45, 7) is 1.86. The molecule has 2 amide bonds. The van der Waals surface area contributed by atoms with Gasteiger partial charge in [-0.1, -0.05) is 138 Å². The van der Waals surface area contributed by atoms with E-state index in [0.717, 1.165) is 38.9 Å². The summed E-state index contributed by atoms with van der Waals surface area (Å²) in [6.07, 6.45) is -0.761. The SMILES string of the molecule is Cc1ccc(C(OC[C@H](NC(=O)OCC2c3ccccc3-c3ccccc32)C(N)=O)(c2ccccc2)c2ccccc2Cl)cc1. The molecule has 0 saturated heterocycles. The van der Waals surface area contributed by atoms with Crippen LogP contribution in [0.4, 0.5) is 4.79 Å². The van der Waals surface area contributed by atoms with E-state index < -0.39 is 23.6 Å². The van der Waals surface area contributed by atoms with E-state index in [9.17, 15) is 9.59 Å². The first-order valence-electron chi connectivity index (χ1n) is 14.8. The average Bonchev–Trinajstić information content (AvgIpc) is 3.38. The summed E-state index contributed by atoms with van der Waals surface area (Å²) in [7, 11) is 0. The van der Waals surface area contributed by atoms with Crippen LogP contribution in [0.15, 0.2) is 127 Å². The molecule has 5 aromatic carbocycles. The number of carbonyl (C=O) groups excluding carboxylic acids is 2. The number of amides is 2. The molecule has 3 N–H and O–H groups in total. The molecule has 1 aliphatic rings. The molecule has 6 nitrogen and oxygen atoms in total. The maximum Gasteiger partial charge on any atom is 0.407 e. The molecule has 0 radical (unpaired) electrons. The highest BCUT2D eigenvalue weighted by molar-refractivity contribution is 6.31. The van der Waals surface area contributed by atoms with E-state index >= 15 is 0 Å². The number of primary amides is 1. The van der Waals surface area contributed by atoms with Crippen molar-refractivity contribution in [3.63, 3.8) is 0 Å². The van der Waals surface area contributed by atoms with Gasteiger partial charge in [0.1, 0.15) is 18.2 Å². The highest BCUT2D eigenvalue weighted by Crippen LogP contribution is 2.45. The molecule has 2 atom stereocenters. The molecule has 1 aliphatic carbocycles. The number of alkyl carbamates (subject to hydrolysis) is 1. The molecule has 0 saturated carbocycles. The summed E-state index contributed by atoms with van der Waals surface area (Å²) in [5, 5.41) is 3.13. The van der Waals surface area contributed by atoms with Gasteiger partial charge in [-0.2, -0.15) is 0 Å². The lowest BCUT2D eigenvalue weighted by Crippen LogP contribution is -2.49. The lowest BCUT2D eigenvalue weighted by Gasteiger charge is -2.37. The number of rotatable bonds is 10. The van der Waals surface area contributed by atoms with Gasteiger partial charge in [-0.3, -0.25) is 4.79 Å². The third kappa shape index (κ3) is 5.95. The van der Waals surface area contributed by atoms with E-state index in [2.05, 4.69) is 17.4 Å². The maximum atomic E-state index is 13.1. The number of hydrogen-bond acceptors (Lipinski definition) is 4. The Morgan fingerprint density at radius 1 is 0.778 bits per heavy atom. The lowest BCUT2D eigenvalue weighted by atomic mass is 9.79. The molecule has 7 heteroatoms. The molecule has 45 heavy (non-hydrogen) atoms. The van der Waals surface area contributed by atoms with Crippen molar-refractivity contribution in [1.82, 2.24) is 5.32 Å². The standard InChI is InChI=1S/C38H33ClN2O4/c1-25-19-21-27(22-20-25)38(26-11-3-2-4-12-26,33-17-9-10-18-34(33)39)45-24-35(36(40)42)41-37(43)44-23-32-30-15-7-5-13-28(30)29-14-6-8-16-31(29)32/h2-22,32,35H,23-24H2,1H3,(H2,40,42)(H,41,43)/t35-,38?/m0/s1. The van der Waals surface area contributed by atoms with Gasteiger partial charge < -0.3 is 20.5 Å². The Balaban J connectivity index is 1.26. The fourth-order valence-electron chi connectivity index (χ4n) is 6.12. The number of nitrogens with one attached hydrogen (secondary N) is 1. The third-order valence-electron chi connectivity index (χ3n) is 8.34. The minimum atomic E-state index is -1.22. The van der Waals surface area contributed by atoms with E-state index in [1.165, 1.54) is 0 Å². The topological polar surface area (TPSA) is 90.7 Å². The van der Waals surface area contributed by atoms with E-state index in [0.29, 0.717) is 10.6 Å². The lowest BCUT2D eigenvalue weighted by molar-refractivity contribution is -0.122. The van der Waals surface area contributed by atoms with Gasteiger partial charge in [0.15, 0.2) is 0 Å². The van der Waals surface area contributed by atoms with E-state index in [4.69, 9.17) is 26.8 Å². The Bertz CT molecular complexity index is 1780. The predicted molar refractivity (Wildman–Crippen MR) is 176 cm³/mol. The molecule has 0 aromatic heterocycles. The Labute approximate surface area is 267 Å². The monoisotopic (exact) mass is 616 g/mol. The Hall–Kier alpha value is -4.91. The average molecular weight is 617 g/mol. The van der Waals surface area contributed by atoms with Crippen molar-refractivity contribution in [2.24, 2.45) is 5.73 Å². The second kappa shape index (κ2) is 13.0. The number of benzene rings is 5. The zero-order chi connectivity index (χ0) is 31.4. The second-order valence-electron chi connectivity index (χ2n) is 11.1. The molecule has 0 spiro atoms. The van der Waals surface area contributed by atoms with Gasteiger partial charge in [-0.25, -0.2) is 4.79 Å². The summed E-state index contributed by atoms with van der Waals surface area (Å²) < 4.78 is 12.5. The van der Waals surface area contributed by atoms with Crippen LogP contribution in [0.2, 0.25) is 5.02 Å². The van der Waals surface area contributed by atoms with E-state index in [1.807, 2.05) is 116 Å². The van der Waals surface area contributed by atoms with Crippen LogP contribution in [-0.2, 0) is 19.9 Å². The van der Waals surface area contributed by atoms with Crippen LogP contribution in [0, 0.1) is 6.92 Å². The first-order chi connectivity index (χ1) is 21.9. The fraction of sp³-hybridized carbons (Fsp3) is 0.158. The minimum absolute atomic E-state index is 0.100. The summed E-state index contributed by atoms with van der Waals surface area (Å²) in [5.74, 6) is -0.882. The molecule has 1 unspecified atom stereocenters. The van der Waals surface area contributed by atoms with Gasteiger partial charge in [0.05, 0.1) is 6.61 Å². The molecule has 6 rings (SSSR count). The number of nitrogens with two attached hydrogens (primary N) is 1. The van der Waals surface area contributed by atoms with Crippen molar-refractivity contribution >= 4 is 23.6 Å². The molecule has 5 aromatic rings. The van der Waals surface area contributed by atoms with Crippen LogP contribution >= 0.6 is 11.6 Å². The zero-order valence-electron chi connectivity index (χ0n) is 24.8. The molecule has 226 valence electrons. The van der Waals surface area contributed by atoms with Crippen LogP contribution in [-0.4, -0.2) is 31.3 Å². The zero-order valence-corrected chi connectivity index (χ0v) is 25.5. The van der Waals surface area contributed by atoms with Crippen LogP contribution in [0.3, 0.4) is 0 Å². The summed E-state index contributed by atoms with van der Waals surface area (Å²) in [6, 6.07) is 40.0. The van der Waals surface area contributed by atoms with Crippen LogP contribution in [0.5, 0.6) is 0 Å². The van der Waals surface area contributed by atoms with E-state index in [1.54, 1.807) is 6.07 Å². The van der Waals surface area contributed by atoms with Gasteiger partial charge in [-0.05, 0) is 46.4 Å². The van der Waals surface area contributed by atoms with Crippen molar-refractivity contribution in [2.45, 2.75) is 24.5 Å². The van der Waals surface area contributed by atoms with Crippen LogP contribution in [0.25, 0.3) is 11.1 Å². The van der Waals surface area contributed by atoms with Gasteiger partial charge in [0, 0.05) is 16.5 Å². The Morgan fingerprint density at radius 2 is 1.33 bits per heavy atom. The van der Waals surface area contributed by atoms with E-state index in [-0.39, 0.29) is 19.1 Å². The molecule has 0 aliphatic heterocycles. The number of ether oxygens (including phenoxy) is 2. The Morgan fingerprint density at radius 3 is 1.96 bits per heavy atom. The third-order valence-corrected chi connectivity index (χ3v) is 8.67. The first kappa shape index (κ1) is 30.1. The predicted octanol–water partition coefficient (Wildman–Crippen LogP) is 7.35. The van der Waals surface area contributed by atoms with Crippen LogP contribution in [0.1, 0.15) is 39.3 Å². The van der Waals surface area contributed by atoms with Crippen molar-refractivity contribution in [3.8, 4) is 11.1 Å². The van der Waals surface area contributed by atoms with Crippen molar-refractivity contribution in [3.05, 3.63) is 166 Å². The normalized spacial score (nSPS) is 14.1. The Kier molecular flexibility index (Phi) is 8.69. The molecule has 0 fully saturated rings. The van der Waals surface area contributed by atoms with Gasteiger partial charge in [-0.15, -0.1) is 0 Å². The highest BCUT2D eigenvalue weighted by Gasteiger charge is 2.40. The van der Waals surface area contributed by atoms with Gasteiger partial charge in [0.25, 0.3) is 0 Å². The minimum Gasteiger partial charge on any atom is -0.449 e. The second-order valence-corrected chi connectivity index (χ2v) is 11.5. The number of halogens is 1. The molecular weight excluding hydrogens is 584 g/mol. The largest absolute Gasteiger partial charge is 0.449 e. The van der Waals surface area contributed by atoms with Crippen LogP contribution < -0.4 is 11.1 Å². The van der Waals surface area contributed by atoms with Gasteiger partial charge in [0.2, 0.25) is 5.91 Å². The number of carbonyl (C=O) groups is 2. The first-order valence-corrected chi connectivity index (χ1v) is 15.2. The van der Waals surface area contributed by atoms with Crippen molar-refractivity contribution < 1.29 is 19.1 Å². The summed E-state index contributed by atoms with van der Waals surface area (Å²) in [5.41, 5.74) is 12.4. The summed E-state index contributed by atoms with van der Waals surface area (Å²) >= 11 is 6.82. The molecule has 0 bridgehead atoms. The van der Waals surface area contributed by atoms with Crippen molar-refractivity contribution in [2.75, 3.05) is 13.2 Å². The molecule has 0 heterocycles. The van der Waals surface area contributed by atoms with Crippen molar-refractivity contribution in [1.29, 1.82) is 0 Å². The van der Waals surface area contributed by atoms with Gasteiger partial charge >= 0.3 is 6.09 Å². The fourth-order valence-corrected chi connectivity index (χ4v) is 6.38. The number of aryl methyl sites for hydroxylation is 1. The summed E-state index contributed by atoms with van der Waals surface area (Å²) in [4.78, 5) is 25.9. The smallest absolute Gasteiger partial charge is 0.407 e. The quantitative estimate of drug-likeness (QED) is 0.161. The maximum absolute atomic E-state index is 13.1. The highest BCUT2D eigenvalue weighted by atomic mass is 35.5.